The van der Waals surface area contributed by atoms with Crippen molar-refractivity contribution in [2.24, 2.45) is 17.3 Å². The topological polar surface area (TPSA) is 274 Å². The molecule has 6 heterocycles. The second-order valence-electron chi connectivity index (χ2n) is 12.7. The number of nitrogens with zero attached hydrogens (tertiary/aromatic N) is 7. The lowest BCUT2D eigenvalue weighted by molar-refractivity contribution is -0.0573. The second-order valence-corrected chi connectivity index (χ2v) is 17.5. The van der Waals surface area contributed by atoms with Gasteiger partial charge in [-0.2, -0.15) is 12.6 Å². The number of nitrogens with two attached hydrogens (primary N) is 1. The van der Waals surface area contributed by atoms with Gasteiger partial charge in [-0.3, -0.25) is 23.0 Å². The molecule has 4 aromatic heterocycles. The third-order valence-corrected chi connectivity index (χ3v) is 13.8. The Hall–Kier alpha value is -2.81. The quantitative estimate of drug-likeness (QED) is 0.119. The summed E-state index contributed by atoms with van der Waals surface area (Å²) in [4.78, 5) is 36.3. The van der Waals surface area contributed by atoms with Crippen LogP contribution < -0.4 is 11.3 Å². The lowest BCUT2D eigenvalue weighted by atomic mass is 9.99. The van der Waals surface area contributed by atoms with E-state index in [1.54, 1.807) is 11.5 Å². The van der Waals surface area contributed by atoms with Gasteiger partial charge in [-0.15, -0.1) is 0 Å². The van der Waals surface area contributed by atoms with Gasteiger partial charge in [0.15, 0.2) is 28.9 Å². The Labute approximate surface area is 281 Å². The number of aliphatic hydroxyl groups excluding tert-OH is 3. The number of fused-ring (bicyclic) bond motifs is 4. The van der Waals surface area contributed by atoms with E-state index >= 15 is 0 Å². The van der Waals surface area contributed by atoms with Crippen LogP contribution in [0, 0.1) is 24.2 Å². The number of ether oxygens (including phenoxy) is 1. The molecule has 2 aliphatic carbocycles. The van der Waals surface area contributed by atoms with Crippen LogP contribution in [-0.4, -0.2) is 110 Å². The van der Waals surface area contributed by atoms with Crippen LogP contribution in [0.4, 0.5) is 5.82 Å². The van der Waals surface area contributed by atoms with E-state index in [0.717, 1.165) is 0 Å². The molecular formula is C26H33N9O11P2S. The predicted octanol–water partition coefficient (Wildman–Crippen LogP) is 0.318. The number of thiol groups is 1. The SMILES string of the molecule is Cc1nc2c(ncn2[C@@H]2O[C@@H]3CO[P@](=O)(CS)O[C@H]4[C@@H](O)[C@H](n5cnc6c(N)ncnc65)[C@H]5C[C@@]54CO[P@@](=O)(CO)O[C@@H]2[C@@H]3CO)c(=O)[nH]1. The van der Waals surface area contributed by atoms with Crippen molar-refractivity contribution >= 4 is 56.0 Å². The molecule has 2 saturated carbocycles. The minimum Gasteiger partial charge on any atom is -0.396 e. The maximum atomic E-state index is 14.2. The predicted molar refractivity (Wildman–Crippen MR) is 170 cm³/mol. The van der Waals surface area contributed by atoms with Crippen molar-refractivity contribution in [1.82, 2.24) is 39.0 Å². The zero-order valence-corrected chi connectivity index (χ0v) is 28.4. The molecule has 23 heteroatoms. The van der Waals surface area contributed by atoms with E-state index in [9.17, 15) is 29.2 Å². The number of anilines is 1. The van der Waals surface area contributed by atoms with Crippen LogP contribution in [-0.2, 0) is 32.0 Å². The molecule has 4 fully saturated rings. The molecular weight excluding hydrogens is 708 g/mol. The summed E-state index contributed by atoms with van der Waals surface area (Å²) in [6.07, 6.45) is -2.63. The minimum absolute atomic E-state index is 0.00347. The molecule has 1 spiro atoms. The Morgan fingerprint density at radius 2 is 1.86 bits per heavy atom. The number of imidazole rings is 2. The first-order valence-corrected chi connectivity index (χ1v) is 19.4. The van der Waals surface area contributed by atoms with Crippen molar-refractivity contribution in [3.05, 3.63) is 35.2 Å². The Morgan fingerprint density at radius 3 is 2.61 bits per heavy atom. The molecule has 264 valence electrons. The van der Waals surface area contributed by atoms with E-state index in [1.807, 2.05) is 0 Å². The van der Waals surface area contributed by atoms with Gasteiger partial charge in [-0.1, -0.05) is 0 Å². The number of H-pyrrole nitrogens is 1. The zero-order chi connectivity index (χ0) is 34.5. The van der Waals surface area contributed by atoms with E-state index in [1.165, 1.54) is 23.5 Å². The highest BCUT2D eigenvalue weighted by atomic mass is 32.1. The molecule has 0 radical (unpaired) electrons. The van der Waals surface area contributed by atoms with Gasteiger partial charge in [0.25, 0.3) is 5.56 Å². The maximum Gasteiger partial charge on any atom is 0.356 e. The fourth-order valence-corrected chi connectivity index (χ4v) is 10.5. The van der Waals surface area contributed by atoms with Crippen LogP contribution in [0.3, 0.4) is 0 Å². The highest BCUT2D eigenvalue weighted by Crippen LogP contribution is 2.72. The summed E-state index contributed by atoms with van der Waals surface area (Å²) >= 11 is 4.27. The van der Waals surface area contributed by atoms with Gasteiger partial charge in [0.2, 0.25) is 0 Å². The van der Waals surface area contributed by atoms with Crippen molar-refractivity contribution in [2.75, 3.05) is 37.4 Å². The molecule has 4 aromatic rings. The zero-order valence-electron chi connectivity index (χ0n) is 25.8. The fraction of sp³-hybridized carbons (Fsp3) is 0.615. The van der Waals surface area contributed by atoms with Crippen molar-refractivity contribution in [2.45, 2.75) is 50.0 Å². The van der Waals surface area contributed by atoms with Crippen molar-refractivity contribution in [1.29, 1.82) is 0 Å². The average molecular weight is 742 g/mol. The van der Waals surface area contributed by atoms with E-state index in [4.69, 9.17) is 28.6 Å². The highest BCUT2D eigenvalue weighted by Gasteiger charge is 2.74. The van der Waals surface area contributed by atoms with Gasteiger partial charge in [0.05, 0.1) is 50.1 Å². The molecule has 2 saturated heterocycles. The largest absolute Gasteiger partial charge is 0.396 e. The molecule has 49 heavy (non-hydrogen) atoms. The number of nitrogen functional groups attached to an aromatic ring is 1. The monoisotopic (exact) mass is 741 g/mol. The number of rotatable bonds is 5. The van der Waals surface area contributed by atoms with Crippen LogP contribution in [0.1, 0.15) is 24.5 Å². The molecule has 0 amide bonds. The standard InChI is InChI=1S/C26H33N9O11P2S/c1-11-32-23-16(24(39)33-11)31-8-35(23)25-19-12(3-36)14(44-25)4-42-48(41,10-49)46-20-18(38)17(34-7-30-15-21(27)28-6-29-22(15)34)13-2-26(13,20)5-43-47(40,9-37)45-19/h6-8,12-14,17-20,25,36-38,49H,2-5,9-10H2,1H3,(H2,27,28,29)(H,32,33,39)/t12-,13-,14-,17-,18+,19-,20+,25-,26-,47+,48-/m1/s1. The third kappa shape index (κ3) is 5.21. The van der Waals surface area contributed by atoms with Crippen LogP contribution >= 0.6 is 27.8 Å². The Bertz CT molecular complexity index is 2100. The summed E-state index contributed by atoms with van der Waals surface area (Å²) in [5.74, 6) is -0.908. The maximum absolute atomic E-state index is 14.2. The van der Waals surface area contributed by atoms with Gasteiger partial charge in [0.1, 0.15) is 42.3 Å². The van der Waals surface area contributed by atoms with Crippen molar-refractivity contribution < 1.29 is 47.3 Å². The number of aryl methyl sites for hydroxylation is 1. The molecule has 6 N–H and O–H groups in total. The van der Waals surface area contributed by atoms with Crippen molar-refractivity contribution in [3.8, 4) is 0 Å². The third-order valence-electron chi connectivity index (χ3n) is 9.92. The Kier molecular flexibility index (Phi) is 8.08. The number of aromatic amines is 1. The van der Waals surface area contributed by atoms with Gasteiger partial charge in [-0.05, 0) is 19.3 Å². The molecule has 8 rings (SSSR count). The summed E-state index contributed by atoms with van der Waals surface area (Å²) in [7, 11) is -8.50. The number of aromatic nitrogens is 8. The fourth-order valence-electron chi connectivity index (χ4n) is 7.47. The lowest BCUT2D eigenvalue weighted by Crippen LogP contribution is -2.38. The van der Waals surface area contributed by atoms with E-state index < -0.39 is 88.3 Å². The summed E-state index contributed by atoms with van der Waals surface area (Å²) in [5.41, 5.74) is 4.86. The average Bonchev–Trinajstić information content (AvgIpc) is 3.39. The smallest absolute Gasteiger partial charge is 0.356 e. The van der Waals surface area contributed by atoms with Crippen molar-refractivity contribution in [3.63, 3.8) is 0 Å². The molecule has 0 aromatic carbocycles. The van der Waals surface area contributed by atoms with Gasteiger partial charge >= 0.3 is 15.2 Å². The van der Waals surface area contributed by atoms with Gasteiger partial charge < -0.3 is 48.9 Å². The molecule has 4 aliphatic rings. The lowest BCUT2D eigenvalue weighted by Gasteiger charge is -2.32. The van der Waals surface area contributed by atoms with E-state index in [2.05, 4.69) is 42.5 Å². The van der Waals surface area contributed by atoms with E-state index in [0.29, 0.717) is 17.6 Å². The number of hydrogen-bond acceptors (Lipinski definition) is 18. The minimum atomic E-state index is -4.40. The summed E-state index contributed by atoms with van der Waals surface area (Å²) < 4.78 is 61.8. The van der Waals surface area contributed by atoms with Crippen LogP contribution in [0.2, 0.25) is 0 Å². The molecule has 2 bridgehead atoms. The number of hydrogen-bond donors (Lipinski definition) is 6. The van der Waals surface area contributed by atoms with Crippen LogP contribution in [0.25, 0.3) is 22.3 Å². The first-order chi connectivity index (χ1) is 23.4. The number of aliphatic hydroxyl groups is 3. The van der Waals surface area contributed by atoms with E-state index in [-0.39, 0.29) is 40.8 Å². The number of nitrogens with one attached hydrogen (secondary N) is 1. The first-order valence-electron chi connectivity index (χ1n) is 15.3. The molecule has 20 nitrogen and oxygen atoms in total. The summed E-state index contributed by atoms with van der Waals surface area (Å²) in [6, 6.07) is -0.708. The Morgan fingerprint density at radius 1 is 1.08 bits per heavy atom. The molecule has 11 atom stereocenters. The second kappa shape index (κ2) is 11.9. The first kappa shape index (κ1) is 33.3. The molecule has 2 aliphatic heterocycles. The normalized spacial score (nSPS) is 39.3. The summed E-state index contributed by atoms with van der Waals surface area (Å²) in [6.45, 7) is 0.249. The summed E-state index contributed by atoms with van der Waals surface area (Å²) in [5, 5.41) is 32.7. The highest BCUT2D eigenvalue weighted by molar-refractivity contribution is 7.88. The van der Waals surface area contributed by atoms with Crippen LogP contribution in [0.15, 0.2) is 23.8 Å². The van der Waals surface area contributed by atoms with Crippen LogP contribution in [0.5, 0.6) is 0 Å². The molecule has 0 unspecified atom stereocenters. The Balaban J connectivity index is 1.18. The van der Waals surface area contributed by atoms with Gasteiger partial charge in [0, 0.05) is 11.3 Å². The van der Waals surface area contributed by atoms with Gasteiger partial charge in [-0.25, -0.2) is 24.9 Å².